The first-order chi connectivity index (χ1) is 13.1. The molecule has 0 aromatic heterocycles. The molecule has 1 saturated heterocycles. The average molecular weight is 372 g/mol. The maximum atomic E-state index is 14.3. The quantitative estimate of drug-likeness (QED) is 0.815. The largest absolute Gasteiger partial charge is 0.367 e. The van der Waals surface area contributed by atoms with Crippen molar-refractivity contribution in [3.63, 3.8) is 0 Å². The van der Waals surface area contributed by atoms with Gasteiger partial charge in [-0.05, 0) is 43.9 Å². The van der Waals surface area contributed by atoms with Crippen LogP contribution in [0, 0.1) is 17.1 Å². The molecule has 1 aromatic rings. The first kappa shape index (κ1) is 19.5. The Hall–Kier alpha value is -2.29. The first-order valence-electron chi connectivity index (χ1n) is 10.1. The second-order valence-corrected chi connectivity index (χ2v) is 7.77. The van der Waals surface area contributed by atoms with E-state index in [2.05, 4.69) is 5.32 Å². The van der Waals surface area contributed by atoms with E-state index in [1.54, 1.807) is 12.1 Å². The van der Waals surface area contributed by atoms with Crippen molar-refractivity contribution in [2.24, 2.45) is 0 Å². The molecule has 5 nitrogen and oxygen atoms in total. The molecule has 0 radical (unpaired) electrons. The molecule has 0 unspecified atom stereocenters. The third-order valence-electron chi connectivity index (χ3n) is 5.86. The minimum Gasteiger partial charge on any atom is -0.367 e. The fourth-order valence-corrected chi connectivity index (χ4v) is 4.23. The van der Waals surface area contributed by atoms with Crippen molar-refractivity contribution in [1.82, 2.24) is 10.2 Å². The molecule has 6 heteroatoms. The Morgan fingerprint density at radius 3 is 2.63 bits per heavy atom. The van der Waals surface area contributed by atoms with E-state index >= 15 is 0 Å². The lowest BCUT2D eigenvalue weighted by Gasteiger charge is -2.36. The van der Waals surface area contributed by atoms with Gasteiger partial charge in [-0.15, -0.1) is 0 Å². The molecule has 1 aliphatic heterocycles. The molecule has 146 valence electrons. The van der Waals surface area contributed by atoms with Crippen LogP contribution in [0.3, 0.4) is 0 Å². The number of halogens is 1. The number of nitrogens with one attached hydrogen (secondary N) is 1. The van der Waals surface area contributed by atoms with Crippen molar-refractivity contribution in [3.8, 4) is 6.07 Å². The van der Waals surface area contributed by atoms with Crippen molar-refractivity contribution in [2.45, 2.75) is 63.5 Å². The van der Waals surface area contributed by atoms with Crippen LogP contribution in [-0.4, -0.2) is 43.2 Å². The summed E-state index contributed by atoms with van der Waals surface area (Å²) in [4.78, 5) is 16.5. The Morgan fingerprint density at radius 1 is 1.22 bits per heavy atom. The topological polar surface area (TPSA) is 59.4 Å². The highest BCUT2D eigenvalue weighted by atomic mass is 19.1. The molecule has 27 heavy (non-hydrogen) atoms. The van der Waals surface area contributed by atoms with Crippen molar-refractivity contribution < 1.29 is 9.18 Å². The Morgan fingerprint density at radius 2 is 1.96 bits per heavy atom. The Balaban J connectivity index is 1.59. The molecule has 2 fully saturated rings. The summed E-state index contributed by atoms with van der Waals surface area (Å²) in [6.07, 6.45) is 8.87. The van der Waals surface area contributed by atoms with E-state index in [4.69, 9.17) is 5.26 Å². The van der Waals surface area contributed by atoms with E-state index in [1.165, 1.54) is 31.7 Å². The lowest BCUT2D eigenvalue weighted by molar-refractivity contribution is 0.178. The highest BCUT2D eigenvalue weighted by Crippen LogP contribution is 2.25. The molecule has 1 aromatic carbocycles. The highest BCUT2D eigenvalue weighted by molar-refractivity contribution is 5.74. The number of anilines is 1. The van der Waals surface area contributed by atoms with Gasteiger partial charge in [-0.25, -0.2) is 9.18 Å². The molecule has 0 bridgehead atoms. The fourth-order valence-electron chi connectivity index (χ4n) is 4.23. The van der Waals surface area contributed by atoms with Gasteiger partial charge in [0.05, 0.1) is 17.3 Å². The van der Waals surface area contributed by atoms with Gasteiger partial charge in [-0.1, -0.05) is 25.7 Å². The summed E-state index contributed by atoms with van der Waals surface area (Å²) >= 11 is 0. The van der Waals surface area contributed by atoms with E-state index < -0.39 is 0 Å². The van der Waals surface area contributed by atoms with Crippen LogP contribution >= 0.6 is 0 Å². The molecule has 1 heterocycles. The zero-order valence-electron chi connectivity index (χ0n) is 16.1. The number of hydrogen-bond acceptors (Lipinski definition) is 3. The monoisotopic (exact) mass is 372 g/mol. The number of carbonyl (C=O) groups excluding carboxylic acids is 1. The van der Waals surface area contributed by atoms with Crippen LogP contribution in [0.25, 0.3) is 0 Å². The van der Waals surface area contributed by atoms with E-state index in [9.17, 15) is 9.18 Å². The lowest BCUT2D eigenvalue weighted by atomic mass is 10.0. The summed E-state index contributed by atoms with van der Waals surface area (Å²) in [6.45, 7) is 1.35. The normalized spacial score (nSPS) is 21.2. The zero-order valence-corrected chi connectivity index (χ0v) is 16.1. The predicted molar refractivity (Wildman–Crippen MR) is 104 cm³/mol. The van der Waals surface area contributed by atoms with Crippen LogP contribution in [0.15, 0.2) is 18.2 Å². The third kappa shape index (κ3) is 4.91. The standard InChI is InChI=1S/C21H29FN4O/c1-25(18-8-4-2-3-5-9-18)21(27)24-17-7-6-12-26(15-17)20-11-10-16(14-23)13-19(20)22/h10-11,13,17-18H,2-9,12,15H2,1H3,(H,24,27)/t17-/m1/s1. The Labute approximate surface area is 161 Å². The predicted octanol–water partition coefficient (Wildman–Crippen LogP) is 4.03. The molecule has 1 aliphatic carbocycles. The van der Waals surface area contributed by atoms with Gasteiger partial charge in [0, 0.05) is 32.2 Å². The number of rotatable bonds is 3. The summed E-state index contributed by atoms with van der Waals surface area (Å²) in [5.41, 5.74) is 0.827. The van der Waals surface area contributed by atoms with Crippen molar-refractivity contribution in [3.05, 3.63) is 29.6 Å². The summed E-state index contributed by atoms with van der Waals surface area (Å²) in [6, 6.07) is 6.85. The van der Waals surface area contributed by atoms with Crippen LogP contribution in [-0.2, 0) is 0 Å². The Kier molecular flexibility index (Phi) is 6.54. The number of urea groups is 1. The van der Waals surface area contributed by atoms with Crippen molar-refractivity contribution in [2.75, 3.05) is 25.0 Å². The van der Waals surface area contributed by atoms with Crippen LogP contribution in [0.2, 0.25) is 0 Å². The average Bonchev–Trinajstić information content (AvgIpc) is 2.97. The van der Waals surface area contributed by atoms with E-state index in [1.807, 2.05) is 22.9 Å². The van der Waals surface area contributed by atoms with Crippen LogP contribution in [0.1, 0.15) is 56.9 Å². The van der Waals surface area contributed by atoms with Gasteiger partial charge in [0.15, 0.2) is 0 Å². The van der Waals surface area contributed by atoms with Gasteiger partial charge in [-0.2, -0.15) is 5.26 Å². The summed E-state index contributed by atoms with van der Waals surface area (Å²) in [5.74, 6) is -0.378. The minimum absolute atomic E-state index is 0.00882. The molecule has 2 amide bonds. The van der Waals surface area contributed by atoms with Crippen LogP contribution in [0.5, 0.6) is 0 Å². The van der Waals surface area contributed by atoms with Gasteiger partial charge < -0.3 is 15.1 Å². The molecule has 0 spiro atoms. The maximum absolute atomic E-state index is 14.3. The molecule has 1 atom stereocenters. The molecule has 1 saturated carbocycles. The number of piperidine rings is 1. The lowest BCUT2D eigenvalue weighted by Crippen LogP contribution is -2.52. The second kappa shape index (κ2) is 9.07. The Bertz CT molecular complexity index is 694. The summed E-state index contributed by atoms with van der Waals surface area (Å²) in [7, 11) is 1.90. The molecule has 1 N–H and O–H groups in total. The number of nitriles is 1. The van der Waals surface area contributed by atoms with Crippen LogP contribution in [0.4, 0.5) is 14.9 Å². The second-order valence-electron chi connectivity index (χ2n) is 7.77. The van der Waals surface area contributed by atoms with Gasteiger partial charge >= 0.3 is 6.03 Å². The fraction of sp³-hybridized carbons (Fsp3) is 0.619. The summed E-state index contributed by atoms with van der Waals surface area (Å²) in [5, 5.41) is 12.0. The smallest absolute Gasteiger partial charge is 0.317 e. The molecule has 2 aliphatic rings. The van der Waals surface area contributed by atoms with E-state index in [0.29, 0.717) is 23.8 Å². The number of benzene rings is 1. The maximum Gasteiger partial charge on any atom is 0.317 e. The van der Waals surface area contributed by atoms with Gasteiger partial charge in [0.1, 0.15) is 5.82 Å². The zero-order chi connectivity index (χ0) is 19.2. The third-order valence-corrected chi connectivity index (χ3v) is 5.86. The van der Waals surface area contributed by atoms with Gasteiger partial charge in [-0.3, -0.25) is 0 Å². The SMILES string of the molecule is CN(C(=O)N[C@@H]1CCCN(c2ccc(C#N)cc2F)C1)C1CCCCCC1. The number of amides is 2. The molecule has 3 rings (SSSR count). The highest BCUT2D eigenvalue weighted by Gasteiger charge is 2.27. The van der Waals surface area contributed by atoms with E-state index in [-0.39, 0.29) is 17.9 Å². The van der Waals surface area contributed by atoms with Crippen molar-refractivity contribution >= 4 is 11.7 Å². The summed E-state index contributed by atoms with van der Waals surface area (Å²) < 4.78 is 14.3. The van der Waals surface area contributed by atoms with Crippen LogP contribution < -0.4 is 10.2 Å². The van der Waals surface area contributed by atoms with Gasteiger partial charge in [0.25, 0.3) is 0 Å². The van der Waals surface area contributed by atoms with Crippen molar-refractivity contribution in [1.29, 1.82) is 5.26 Å². The minimum atomic E-state index is -0.378. The molecular weight excluding hydrogens is 343 g/mol. The van der Waals surface area contributed by atoms with Gasteiger partial charge in [0.2, 0.25) is 0 Å². The van der Waals surface area contributed by atoms with E-state index in [0.717, 1.165) is 32.2 Å². The first-order valence-corrected chi connectivity index (χ1v) is 10.1. The number of nitrogens with zero attached hydrogens (tertiary/aromatic N) is 3. The number of carbonyl (C=O) groups is 1. The molecular formula is C21H29FN4O. The number of hydrogen-bond donors (Lipinski definition) is 1.